The number of nitrogens with two attached hydrogens (primary N) is 1. The van der Waals surface area contributed by atoms with E-state index in [2.05, 4.69) is 33.5 Å². The van der Waals surface area contributed by atoms with Crippen LogP contribution in [-0.2, 0) is 0 Å². The Hall–Kier alpha value is 0.394. The summed E-state index contributed by atoms with van der Waals surface area (Å²) in [7, 11) is -0.823. The van der Waals surface area contributed by atoms with Gasteiger partial charge in [0, 0.05) is 7.59 Å². The van der Waals surface area contributed by atoms with Gasteiger partial charge in [-0.3, -0.25) is 0 Å². The van der Waals surface area contributed by atoms with E-state index in [4.69, 9.17) is 5.40 Å². The predicted octanol–water partition coefficient (Wildman–Crippen LogP) is 1.28. The standard InChI is InChI=1S/C3H13NSi2.C3H8/c1-6(2,3)5-4;1-3-2/h4-5H2,1-3H3;3H2,1-2H3. The molecular weight excluding hydrogens is 142 g/mol. The molecule has 0 spiro atoms. The molecule has 0 aromatic carbocycles. The lowest BCUT2D eigenvalue weighted by Gasteiger charge is -2.08. The highest BCUT2D eigenvalue weighted by Gasteiger charge is 2.08. The van der Waals surface area contributed by atoms with Crippen LogP contribution in [0.15, 0.2) is 0 Å². The van der Waals surface area contributed by atoms with Gasteiger partial charge < -0.3 is 5.40 Å². The van der Waals surface area contributed by atoms with Crippen molar-refractivity contribution in [1.29, 1.82) is 0 Å². The van der Waals surface area contributed by atoms with Crippen molar-refractivity contribution in [3.05, 3.63) is 0 Å². The van der Waals surface area contributed by atoms with Crippen LogP contribution in [0.25, 0.3) is 0 Å². The molecule has 0 aromatic rings. The van der Waals surface area contributed by atoms with Crippen LogP contribution in [0.2, 0.25) is 19.6 Å². The average molecular weight is 163 g/mol. The van der Waals surface area contributed by atoms with Crippen LogP contribution in [-0.4, -0.2) is 16.8 Å². The maximum atomic E-state index is 5.51. The SMILES string of the molecule is CCC.C[Si](C)(C)[SiH2]N. The molecule has 0 atom stereocenters. The Bertz CT molecular complexity index is 49.5. The van der Waals surface area contributed by atoms with Gasteiger partial charge in [-0.05, 0) is 0 Å². The molecule has 0 aliphatic rings. The van der Waals surface area contributed by atoms with Crippen molar-refractivity contribution >= 4 is 16.8 Å². The van der Waals surface area contributed by atoms with E-state index in [1.54, 1.807) is 0 Å². The lowest BCUT2D eigenvalue weighted by molar-refractivity contribution is 1.09. The fraction of sp³-hybridized carbons (Fsp3) is 1.00. The van der Waals surface area contributed by atoms with E-state index in [0.29, 0.717) is 0 Å². The minimum atomic E-state index is -0.715. The molecule has 0 saturated carbocycles. The fourth-order valence-electron chi connectivity index (χ4n) is 0. The molecule has 0 saturated heterocycles. The second-order valence-electron chi connectivity index (χ2n) is 3.47. The van der Waals surface area contributed by atoms with Crippen LogP contribution in [0.1, 0.15) is 20.3 Å². The van der Waals surface area contributed by atoms with E-state index < -0.39 is 7.59 Å². The zero-order chi connectivity index (χ0) is 7.91. The molecule has 0 rings (SSSR count). The van der Waals surface area contributed by atoms with E-state index in [1.807, 2.05) is 0 Å². The van der Waals surface area contributed by atoms with Crippen LogP contribution in [0.5, 0.6) is 0 Å². The van der Waals surface area contributed by atoms with Crippen LogP contribution in [0.3, 0.4) is 0 Å². The van der Waals surface area contributed by atoms with Gasteiger partial charge >= 0.3 is 0 Å². The Morgan fingerprint density at radius 2 is 1.33 bits per heavy atom. The van der Waals surface area contributed by atoms with Crippen molar-refractivity contribution < 1.29 is 0 Å². The first-order valence-electron chi connectivity index (χ1n) is 3.68. The Kier molecular flexibility index (Phi) is 8.76. The first-order valence-corrected chi connectivity index (χ1v) is 10.3. The maximum Gasteiger partial charge on any atom is 0.0798 e. The van der Waals surface area contributed by atoms with Crippen LogP contribution < -0.4 is 5.40 Å². The Labute approximate surface area is 62.7 Å². The highest BCUT2D eigenvalue weighted by Crippen LogP contribution is 1.91. The topological polar surface area (TPSA) is 26.0 Å². The van der Waals surface area contributed by atoms with E-state index in [-0.39, 0.29) is 9.20 Å². The largest absolute Gasteiger partial charge is 0.357 e. The van der Waals surface area contributed by atoms with E-state index in [0.717, 1.165) is 0 Å². The molecule has 0 bridgehead atoms. The van der Waals surface area contributed by atoms with Crippen LogP contribution in [0.4, 0.5) is 0 Å². The normalized spacial score (nSPS) is 11.3. The third-order valence-corrected chi connectivity index (χ3v) is 5.51. The van der Waals surface area contributed by atoms with Gasteiger partial charge in [-0.25, -0.2) is 0 Å². The van der Waals surface area contributed by atoms with Crippen LogP contribution in [0, 0.1) is 0 Å². The van der Waals surface area contributed by atoms with E-state index >= 15 is 0 Å². The second kappa shape index (κ2) is 6.51. The molecule has 0 radical (unpaired) electrons. The van der Waals surface area contributed by atoms with Gasteiger partial charge in [-0.1, -0.05) is 39.9 Å². The zero-order valence-electron chi connectivity index (χ0n) is 7.49. The Morgan fingerprint density at radius 1 is 1.22 bits per heavy atom. The summed E-state index contributed by atoms with van der Waals surface area (Å²) in [6.07, 6.45) is 1.25. The molecule has 0 aliphatic carbocycles. The Balaban J connectivity index is 0. The van der Waals surface area contributed by atoms with Gasteiger partial charge in [0.2, 0.25) is 0 Å². The lowest BCUT2D eigenvalue weighted by atomic mass is 10.6. The molecule has 9 heavy (non-hydrogen) atoms. The second-order valence-corrected chi connectivity index (χ2v) is 16.6. The van der Waals surface area contributed by atoms with Crippen molar-refractivity contribution in [3.8, 4) is 0 Å². The summed E-state index contributed by atoms with van der Waals surface area (Å²) in [5, 5.41) is 5.51. The molecule has 0 aliphatic heterocycles. The zero-order valence-corrected chi connectivity index (χ0v) is 9.91. The van der Waals surface area contributed by atoms with Gasteiger partial charge in [0.25, 0.3) is 0 Å². The molecule has 1 nitrogen and oxygen atoms in total. The van der Waals surface area contributed by atoms with Gasteiger partial charge in [-0.2, -0.15) is 0 Å². The average Bonchev–Trinajstić information content (AvgIpc) is 1.67. The van der Waals surface area contributed by atoms with Gasteiger partial charge in [0.15, 0.2) is 0 Å². The summed E-state index contributed by atoms with van der Waals surface area (Å²) in [5.74, 6) is 0. The summed E-state index contributed by atoms with van der Waals surface area (Å²) in [6.45, 7) is 11.2. The summed E-state index contributed by atoms with van der Waals surface area (Å²) >= 11 is 0. The lowest BCUT2D eigenvalue weighted by Crippen LogP contribution is -2.36. The molecule has 0 unspecified atom stereocenters. The van der Waals surface area contributed by atoms with Crippen molar-refractivity contribution in [1.82, 2.24) is 0 Å². The molecule has 58 valence electrons. The van der Waals surface area contributed by atoms with Crippen molar-refractivity contribution in [3.63, 3.8) is 0 Å². The fourth-order valence-corrected chi connectivity index (χ4v) is 0. The summed E-state index contributed by atoms with van der Waals surface area (Å²) in [5.41, 5.74) is 0. The summed E-state index contributed by atoms with van der Waals surface area (Å²) in [6, 6.07) is 0. The number of rotatable bonds is 1. The van der Waals surface area contributed by atoms with Gasteiger partial charge in [-0.15, -0.1) is 0 Å². The third-order valence-electron chi connectivity index (χ3n) is 0.612. The number of hydrogen-bond donors (Lipinski definition) is 1. The van der Waals surface area contributed by atoms with Gasteiger partial charge in [0.1, 0.15) is 0 Å². The molecule has 3 heteroatoms. The first-order chi connectivity index (χ1) is 3.97. The highest BCUT2D eigenvalue weighted by molar-refractivity contribution is 7.21. The molecule has 2 N–H and O–H groups in total. The van der Waals surface area contributed by atoms with Crippen molar-refractivity contribution in [2.45, 2.75) is 39.9 Å². The first kappa shape index (κ1) is 12.1. The van der Waals surface area contributed by atoms with E-state index in [1.165, 1.54) is 6.42 Å². The monoisotopic (exact) mass is 163 g/mol. The smallest absolute Gasteiger partial charge is 0.0798 e. The maximum absolute atomic E-state index is 5.51. The number of hydrogen-bond acceptors (Lipinski definition) is 1. The summed E-state index contributed by atoms with van der Waals surface area (Å²) < 4.78 is 0. The minimum absolute atomic E-state index is 0.109. The quantitative estimate of drug-likeness (QED) is 0.579. The van der Waals surface area contributed by atoms with Gasteiger partial charge in [0.05, 0.1) is 9.20 Å². The molecule has 0 fully saturated rings. The van der Waals surface area contributed by atoms with Crippen molar-refractivity contribution in [2.24, 2.45) is 5.40 Å². The van der Waals surface area contributed by atoms with Crippen molar-refractivity contribution in [2.75, 3.05) is 0 Å². The molecule has 0 aromatic heterocycles. The molecular formula is C6H21NSi2. The van der Waals surface area contributed by atoms with Crippen LogP contribution >= 0.6 is 0 Å². The Morgan fingerprint density at radius 3 is 1.33 bits per heavy atom. The highest BCUT2D eigenvalue weighted by atomic mass is 29.2. The minimum Gasteiger partial charge on any atom is -0.357 e. The van der Waals surface area contributed by atoms with E-state index in [9.17, 15) is 0 Å². The summed E-state index contributed by atoms with van der Waals surface area (Å²) in [4.78, 5) is 0. The predicted molar refractivity (Wildman–Crippen MR) is 52.0 cm³/mol. The molecule has 0 amide bonds. The molecule has 0 heterocycles. The third kappa shape index (κ3) is 29.8.